The third-order valence-corrected chi connectivity index (χ3v) is 3.06. The molecule has 1 aliphatic heterocycles. The number of hydrogen-bond donors (Lipinski definition) is 2. The first-order valence-corrected chi connectivity index (χ1v) is 6.16. The monoisotopic (exact) mass is 291 g/mol. The lowest BCUT2D eigenvalue weighted by Gasteiger charge is -2.19. The summed E-state index contributed by atoms with van der Waals surface area (Å²) in [6, 6.07) is 5.25. The average Bonchev–Trinajstić information content (AvgIpc) is 2.86. The first-order chi connectivity index (χ1) is 10.0. The number of imide groups is 2. The first kappa shape index (κ1) is 14.5. The van der Waals surface area contributed by atoms with E-state index < -0.39 is 24.1 Å². The van der Waals surface area contributed by atoms with Crippen molar-refractivity contribution in [3.8, 4) is 0 Å². The van der Waals surface area contributed by atoms with Gasteiger partial charge in [-0.15, -0.1) is 0 Å². The molecule has 8 nitrogen and oxygen atoms in total. The van der Waals surface area contributed by atoms with E-state index in [1.807, 2.05) is 0 Å². The van der Waals surface area contributed by atoms with E-state index in [0.29, 0.717) is 12.0 Å². The molecule has 1 aromatic rings. The first-order valence-electron chi connectivity index (χ1n) is 6.16. The molecule has 1 unspecified atom stereocenters. The fraction of sp³-hybridized carbons (Fsp3) is 0.231. The van der Waals surface area contributed by atoms with Crippen molar-refractivity contribution in [3.05, 3.63) is 35.9 Å². The maximum absolute atomic E-state index is 12.0. The molecule has 0 bridgehead atoms. The summed E-state index contributed by atoms with van der Waals surface area (Å²) < 4.78 is 0. The van der Waals surface area contributed by atoms with E-state index in [9.17, 15) is 24.3 Å². The quantitative estimate of drug-likeness (QED) is 0.782. The van der Waals surface area contributed by atoms with Crippen molar-refractivity contribution < 1.29 is 24.3 Å². The molecule has 2 rings (SSSR count). The molecule has 0 saturated carbocycles. The summed E-state index contributed by atoms with van der Waals surface area (Å²) in [4.78, 5) is 47.2. The summed E-state index contributed by atoms with van der Waals surface area (Å²) in [6.07, 6.45) is 0.335. The van der Waals surface area contributed by atoms with Crippen molar-refractivity contribution in [3.63, 3.8) is 0 Å². The molecule has 1 atom stereocenters. The van der Waals surface area contributed by atoms with Crippen LogP contribution in [0, 0.1) is 0 Å². The second-order valence-corrected chi connectivity index (χ2v) is 4.36. The van der Waals surface area contributed by atoms with Crippen LogP contribution in [-0.2, 0) is 9.59 Å². The number of carboxylic acid groups (broad SMARTS) is 1. The molecule has 110 valence electrons. The molecular weight excluding hydrogens is 278 g/mol. The average molecular weight is 291 g/mol. The molecule has 5 amide bonds. The zero-order chi connectivity index (χ0) is 15.4. The number of carbonyl (C=O) groups excluding carboxylic acids is 3. The zero-order valence-corrected chi connectivity index (χ0v) is 10.9. The van der Waals surface area contributed by atoms with Crippen molar-refractivity contribution >= 4 is 24.4 Å². The van der Waals surface area contributed by atoms with Crippen molar-refractivity contribution in [2.75, 3.05) is 13.1 Å². The van der Waals surface area contributed by atoms with E-state index in [2.05, 4.69) is 5.32 Å². The summed E-state index contributed by atoms with van der Waals surface area (Å²) in [5.41, 5.74) is 0.386. The van der Waals surface area contributed by atoms with Crippen LogP contribution in [-0.4, -0.2) is 52.4 Å². The van der Waals surface area contributed by atoms with Gasteiger partial charge in [-0.2, -0.15) is 0 Å². The Hall–Kier alpha value is -2.90. The van der Waals surface area contributed by atoms with Gasteiger partial charge in [0.2, 0.25) is 6.41 Å². The molecule has 1 aromatic carbocycles. The van der Waals surface area contributed by atoms with Crippen LogP contribution in [0.2, 0.25) is 0 Å². The van der Waals surface area contributed by atoms with Crippen LogP contribution in [0.25, 0.3) is 0 Å². The topological polar surface area (TPSA) is 107 Å². The van der Waals surface area contributed by atoms with Gasteiger partial charge < -0.3 is 10.4 Å². The number of carboxylic acids is 1. The minimum absolute atomic E-state index is 0.0323. The molecule has 1 saturated heterocycles. The Morgan fingerprint density at radius 2 is 1.90 bits per heavy atom. The van der Waals surface area contributed by atoms with Gasteiger partial charge in [-0.05, 0) is 5.56 Å². The van der Waals surface area contributed by atoms with Gasteiger partial charge in [0.1, 0.15) is 0 Å². The Morgan fingerprint density at radius 3 is 2.43 bits per heavy atom. The van der Waals surface area contributed by atoms with Crippen LogP contribution in [0.1, 0.15) is 11.6 Å². The van der Waals surface area contributed by atoms with Crippen LogP contribution in [0.3, 0.4) is 0 Å². The number of hydrogen-bond acceptors (Lipinski definition) is 4. The van der Waals surface area contributed by atoms with Gasteiger partial charge in [0.25, 0.3) is 0 Å². The van der Waals surface area contributed by atoms with Gasteiger partial charge in [0.15, 0.2) is 6.04 Å². The van der Waals surface area contributed by atoms with Gasteiger partial charge >= 0.3 is 18.0 Å². The summed E-state index contributed by atoms with van der Waals surface area (Å²) in [5, 5.41) is 11.5. The lowest BCUT2D eigenvalue weighted by Crippen LogP contribution is -2.45. The number of amides is 5. The Labute approximate surface area is 119 Å². The second-order valence-electron chi connectivity index (χ2n) is 4.36. The normalized spacial score (nSPS) is 15.7. The number of nitrogens with zero attached hydrogens (tertiary/aromatic N) is 2. The van der Waals surface area contributed by atoms with Crippen molar-refractivity contribution in [1.82, 2.24) is 15.1 Å². The largest absolute Gasteiger partial charge is 0.479 e. The molecule has 1 aliphatic rings. The molecule has 1 heterocycles. The molecule has 0 radical (unpaired) electrons. The molecule has 0 spiro atoms. The fourth-order valence-electron chi connectivity index (χ4n) is 1.97. The SMILES string of the molecule is O=CN1CCN(C(=O)NC(C(=O)O)c2ccccc2)C1=O. The van der Waals surface area contributed by atoms with E-state index in [1.54, 1.807) is 30.3 Å². The van der Waals surface area contributed by atoms with Gasteiger partial charge in [0, 0.05) is 6.54 Å². The molecule has 1 fully saturated rings. The number of urea groups is 2. The van der Waals surface area contributed by atoms with Gasteiger partial charge in [0.05, 0.1) is 6.54 Å². The zero-order valence-electron chi connectivity index (χ0n) is 10.9. The number of aliphatic carboxylic acids is 1. The second kappa shape index (κ2) is 6.04. The van der Waals surface area contributed by atoms with E-state index in [-0.39, 0.29) is 13.1 Å². The number of benzene rings is 1. The van der Waals surface area contributed by atoms with Crippen LogP contribution in [0.4, 0.5) is 9.59 Å². The Balaban J connectivity index is 2.11. The van der Waals surface area contributed by atoms with Crippen LogP contribution in [0.15, 0.2) is 30.3 Å². The highest BCUT2D eigenvalue weighted by atomic mass is 16.4. The van der Waals surface area contributed by atoms with Gasteiger partial charge in [-0.25, -0.2) is 19.3 Å². The minimum atomic E-state index is -1.27. The molecule has 8 heteroatoms. The van der Waals surface area contributed by atoms with Gasteiger partial charge in [-0.3, -0.25) is 9.69 Å². The van der Waals surface area contributed by atoms with E-state index in [0.717, 1.165) is 9.80 Å². The van der Waals surface area contributed by atoms with Crippen LogP contribution >= 0.6 is 0 Å². The third-order valence-electron chi connectivity index (χ3n) is 3.06. The van der Waals surface area contributed by atoms with Crippen LogP contribution < -0.4 is 5.32 Å². The van der Waals surface area contributed by atoms with Crippen molar-refractivity contribution in [1.29, 1.82) is 0 Å². The summed E-state index contributed by atoms with van der Waals surface area (Å²) >= 11 is 0. The van der Waals surface area contributed by atoms with Crippen molar-refractivity contribution in [2.24, 2.45) is 0 Å². The van der Waals surface area contributed by atoms with Gasteiger partial charge in [-0.1, -0.05) is 30.3 Å². The Morgan fingerprint density at radius 1 is 1.24 bits per heavy atom. The Bertz CT molecular complexity index is 574. The minimum Gasteiger partial charge on any atom is -0.479 e. The van der Waals surface area contributed by atoms with E-state index >= 15 is 0 Å². The summed E-state index contributed by atoms with van der Waals surface area (Å²) in [7, 11) is 0. The fourth-order valence-corrected chi connectivity index (χ4v) is 1.97. The lowest BCUT2D eigenvalue weighted by atomic mass is 10.1. The number of carbonyl (C=O) groups is 4. The van der Waals surface area contributed by atoms with E-state index in [4.69, 9.17) is 0 Å². The highest BCUT2D eigenvalue weighted by Crippen LogP contribution is 2.14. The lowest BCUT2D eigenvalue weighted by molar-refractivity contribution is -0.139. The maximum atomic E-state index is 12.0. The maximum Gasteiger partial charge on any atom is 0.334 e. The van der Waals surface area contributed by atoms with E-state index in [1.165, 1.54) is 0 Å². The predicted octanol–water partition coefficient (Wildman–Crippen LogP) is 0.416. The summed E-state index contributed by atoms with van der Waals surface area (Å²) in [6.45, 7) is 0.128. The highest BCUT2D eigenvalue weighted by Gasteiger charge is 2.35. The highest BCUT2D eigenvalue weighted by molar-refractivity contribution is 6.00. The molecule has 2 N–H and O–H groups in total. The van der Waals surface area contributed by atoms with Crippen molar-refractivity contribution in [2.45, 2.75) is 6.04 Å². The molecule has 0 aromatic heterocycles. The number of nitrogens with one attached hydrogen (secondary N) is 1. The van der Waals surface area contributed by atoms with Crippen LogP contribution in [0.5, 0.6) is 0 Å². The molecule has 21 heavy (non-hydrogen) atoms. The smallest absolute Gasteiger partial charge is 0.334 e. The standard InChI is InChI=1S/C13H13N3O5/c17-8-15-6-7-16(13(15)21)12(20)14-10(11(18)19)9-4-2-1-3-5-9/h1-5,8,10H,6-7H2,(H,14,20)(H,18,19). The summed E-state index contributed by atoms with van der Waals surface area (Å²) in [5.74, 6) is -1.24. The number of rotatable bonds is 4. The molecular formula is C13H13N3O5. The third kappa shape index (κ3) is 2.99. The Kier molecular flexibility index (Phi) is 4.17. The molecule has 0 aliphatic carbocycles. The predicted molar refractivity (Wildman–Crippen MR) is 70.2 cm³/mol.